The van der Waals surface area contributed by atoms with Crippen molar-refractivity contribution in [2.45, 2.75) is 130 Å². The van der Waals surface area contributed by atoms with Gasteiger partial charge in [0.25, 0.3) is 0 Å². The summed E-state index contributed by atoms with van der Waals surface area (Å²) < 4.78 is 16.2. The summed E-state index contributed by atoms with van der Waals surface area (Å²) in [6.45, 7) is 10.5. The molecular weight excluding hydrogens is 384 g/mol. The quantitative estimate of drug-likeness (QED) is 0.127. The predicted molar refractivity (Wildman–Crippen MR) is 131 cm³/mol. The van der Waals surface area contributed by atoms with Gasteiger partial charge in [-0.15, -0.1) is 0 Å². The average Bonchev–Trinajstić information content (AvgIpc) is 3.23. The molecule has 0 N–H and O–H groups in total. The predicted octanol–water partition coefficient (Wildman–Crippen LogP) is 7.09. The minimum absolute atomic E-state index is 0.933. The molecule has 1 rings (SSSR count). The van der Waals surface area contributed by atoms with Crippen molar-refractivity contribution in [1.29, 1.82) is 0 Å². The van der Waals surface area contributed by atoms with Gasteiger partial charge in [0, 0.05) is 26.4 Å². The Morgan fingerprint density at radius 1 is 0.581 bits per heavy atom. The Morgan fingerprint density at radius 2 is 1.06 bits per heavy atom. The van der Waals surface area contributed by atoms with Gasteiger partial charge in [0.15, 0.2) is 0 Å². The summed E-state index contributed by atoms with van der Waals surface area (Å²) in [5.41, 5.74) is 0. The number of ether oxygens (including phenoxy) is 2. The van der Waals surface area contributed by atoms with Gasteiger partial charge in [-0.1, -0.05) is 65.2 Å². The summed E-state index contributed by atoms with van der Waals surface area (Å²) in [6, 6.07) is 0. The van der Waals surface area contributed by atoms with E-state index in [0.717, 1.165) is 39.5 Å². The van der Waals surface area contributed by atoms with Gasteiger partial charge >= 0.3 is 0 Å². The van der Waals surface area contributed by atoms with Gasteiger partial charge in [-0.2, -0.15) is 0 Å². The summed E-state index contributed by atoms with van der Waals surface area (Å²) in [5, 5.41) is 0. The highest BCUT2D eigenvalue weighted by Crippen LogP contribution is 2.05. The Balaban J connectivity index is 1.86. The van der Waals surface area contributed by atoms with Crippen LogP contribution >= 0.6 is 0 Å². The maximum absolute atomic E-state index is 5.76. The van der Waals surface area contributed by atoms with E-state index in [1.54, 1.807) is 0 Å². The van der Waals surface area contributed by atoms with Crippen LogP contribution < -0.4 is 4.57 Å². The van der Waals surface area contributed by atoms with Crippen LogP contribution in [0.3, 0.4) is 0 Å². The van der Waals surface area contributed by atoms with Gasteiger partial charge in [-0.3, -0.25) is 0 Å². The molecule has 0 saturated carbocycles. The largest absolute Gasteiger partial charge is 0.381 e. The van der Waals surface area contributed by atoms with Crippen LogP contribution in [0.2, 0.25) is 0 Å². The summed E-state index contributed by atoms with van der Waals surface area (Å²) in [5.74, 6) is 0. The van der Waals surface area contributed by atoms with E-state index < -0.39 is 0 Å². The summed E-state index contributed by atoms with van der Waals surface area (Å²) in [4.78, 5) is 0. The minimum Gasteiger partial charge on any atom is -0.381 e. The van der Waals surface area contributed by atoms with E-state index in [1.807, 2.05) is 0 Å². The van der Waals surface area contributed by atoms with Crippen molar-refractivity contribution in [3.63, 3.8) is 0 Å². The van der Waals surface area contributed by atoms with Crippen LogP contribution in [-0.2, 0) is 22.6 Å². The third-order valence-electron chi connectivity index (χ3n) is 5.94. The van der Waals surface area contributed by atoms with Crippen molar-refractivity contribution in [3.8, 4) is 0 Å². The molecule has 0 fully saturated rings. The fourth-order valence-electron chi connectivity index (χ4n) is 3.87. The summed E-state index contributed by atoms with van der Waals surface area (Å²) >= 11 is 0. The van der Waals surface area contributed by atoms with Crippen molar-refractivity contribution in [2.24, 2.45) is 0 Å². The molecule has 0 amide bonds. The molecule has 0 aliphatic heterocycles. The van der Waals surface area contributed by atoms with Crippen LogP contribution in [-0.4, -0.2) is 31.0 Å². The molecular formula is C27H53N2O2+. The fraction of sp³-hybridized carbons (Fsp3) is 0.889. The van der Waals surface area contributed by atoms with E-state index in [9.17, 15) is 0 Å². The molecule has 1 aromatic heterocycles. The van der Waals surface area contributed by atoms with Gasteiger partial charge in [-0.05, 0) is 51.4 Å². The highest BCUT2D eigenvalue weighted by molar-refractivity contribution is 4.66. The number of nitrogens with zero attached hydrogens (tertiary/aromatic N) is 2. The Hall–Kier alpha value is -0.870. The number of rotatable bonds is 24. The van der Waals surface area contributed by atoms with E-state index in [0.29, 0.717) is 0 Å². The first-order valence-electron chi connectivity index (χ1n) is 13.6. The average molecular weight is 438 g/mol. The van der Waals surface area contributed by atoms with Gasteiger partial charge in [0.2, 0.25) is 6.33 Å². The van der Waals surface area contributed by atoms with Crippen molar-refractivity contribution >= 4 is 0 Å². The van der Waals surface area contributed by atoms with Crippen molar-refractivity contribution in [1.82, 2.24) is 4.57 Å². The summed E-state index contributed by atoms with van der Waals surface area (Å²) in [7, 11) is 0. The van der Waals surface area contributed by atoms with Crippen molar-refractivity contribution in [2.75, 3.05) is 26.4 Å². The number of aromatic nitrogens is 2. The molecule has 182 valence electrons. The molecule has 0 aliphatic rings. The molecule has 4 heteroatoms. The number of hydrogen-bond donors (Lipinski definition) is 0. The van der Waals surface area contributed by atoms with Crippen LogP contribution in [0.1, 0.15) is 117 Å². The normalized spacial score (nSPS) is 11.4. The van der Waals surface area contributed by atoms with Crippen LogP contribution in [0.4, 0.5) is 0 Å². The SMILES string of the molecule is CCCCCCCOCCCCCn1cc[n+](CCCCCOCCCCCCC)c1. The number of aryl methyl sites for hydroxylation is 2. The van der Waals surface area contributed by atoms with E-state index in [1.165, 1.54) is 103 Å². The molecule has 4 nitrogen and oxygen atoms in total. The lowest BCUT2D eigenvalue weighted by Crippen LogP contribution is -2.30. The lowest BCUT2D eigenvalue weighted by atomic mass is 10.2. The second kappa shape index (κ2) is 22.3. The molecule has 0 spiro atoms. The van der Waals surface area contributed by atoms with Gasteiger partial charge < -0.3 is 9.47 Å². The molecule has 0 unspecified atom stereocenters. The first kappa shape index (κ1) is 28.2. The fourth-order valence-corrected chi connectivity index (χ4v) is 3.87. The highest BCUT2D eigenvalue weighted by Gasteiger charge is 2.03. The monoisotopic (exact) mass is 437 g/mol. The molecule has 0 saturated heterocycles. The maximum atomic E-state index is 5.76. The Labute approximate surface area is 193 Å². The Morgan fingerprint density at radius 3 is 1.61 bits per heavy atom. The second-order valence-electron chi connectivity index (χ2n) is 9.06. The van der Waals surface area contributed by atoms with Crippen molar-refractivity contribution < 1.29 is 14.0 Å². The molecule has 0 radical (unpaired) electrons. The molecule has 0 atom stereocenters. The minimum atomic E-state index is 0.933. The van der Waals surface area contributed by atoms with Crippen LogP contribution in [0, 0.1) is 0 Å². The van der Waals surface area contributed by atoms with Gasteiger partial charge in [0.05, 0.1) is 13.1 Å². The van der Waals surface area contributed by atoms with Crippen LogP contribution in [0.25, 0.3) is 0 Å². The zero-order chi connectivity index (χ0) is 22.2. The zero-order valence-corrected chi connectivity index (χ0v) is 21.0. The number of imidazole rings is 1. The third-order valence-corrected chi connectivity index (χ3v) is 5.94. The molecule has 0 aromatic carbocycles. The Bertz CT molecular complexity index is 435. The van der Waals surface area contributed by atoms with Gasteiger partial charge in [-0.25, -0.2) is 9.13 Å². The third kappa shape index (κ3) is 18.4. The van der Waals surface area contributed by atoms with Gasteiger partial charge in [0.1, 0.15) is 12.4 Å². The maximum Gasteiger partial charge on any atom is 0.243 e. The lowest BCUT2D eigenvalue weighted by Gasteiger charge is -2.04. The van der Waals surface area contributed by atoms with E-state index in [-0.39, 0.29) is 0 Å². The molecule has 0 aliphatic carbocycles. The number of unbranched alkanes of at least 4 members (excludes halogenated alkanes) is 12. The second-order valence-corrected chi connectivity index (χ2v) is 9.06. The van der Waals surface area contributed by atoms with Crippen LogP contribution in [0.15, 0.2) is 18.7 Å². The molecule has 1 aromatic rings. The molecule has 31 heavy (non-hydrogen) atoms. The summed E-state index contributed by atoms with van der Waals surface area (Å²) in [6.07, 6.45) is 27.3. The Kier molecular flexibility index (Phi) is 20.3. The van der Waals surface area contributed by atoms with E-state index in [2.05, 4.69) is 41.7 Å². The topological polar surface area (TPSA) is 27.3 Å². The van der Waals surface area contributed by atoms with E-state index in [4.69, 9.17) is 9.47 Å². The van der Waals surface area contributed by atoms with Crippen molar-refractivity contribution in [3.05, 3.63) is 18.7 Å². The first-order chi connectivity index (χ1) is 15.4. The highest BCUT2D eigenvalue weighted by atomic mass is 16.5. The van der Waals surface area contributed by atoms with E-state index >= 15 is 0 Å². The standard InChI is InChI=1S/C27H53N2O2/c1-3-5-7-9-15-23-30-25-17-11-13-19-28-21-22-29(27-28)20-14-12-18-26-31-24-16-10-8-6-4-2/h21-22,27H,3-20,23-26H2,1-2H3/q+1. The first-order valence-corrected chi connectivity index (χ1v) is 13.6. The molecule has 0 bridgehead atoms. The number of hydrogen-bond acceptors (Lipinski definition) is 2. The zero-order valence-electron chi connectivity index (χ0n) is 21.0. The lowest BCUT2D eigenvalue weighted by molar-refractivity contribution is -0.696. The molecule has 1 heterocycles. The van der Waals surface area contributed by atoms with Crippen LogP contribution in [0.5, 0.6) is 0 Å². The smallest absolute Gasteiger partial charge is 0.243 e.